The van der Waals surface area contributed by atoms with Crippen LogP contribution in [0, 0.1) is 0 Å². The van der Waals surface area contributed by atoms with E-state index in [-0.39, 0.29) is 12.3 Å². The Morgan fingerprint density at radius 3 is 2.56 bits per heavy atom. The Balaban J connectivity index is 1.34. The number of nitrogens with zero attached hydrogens (tertiary/aromatic N) is 2. The smallest absolute Gasteiger partial charge is 0.240 e. The Hall–Kier alpha value is -3.90. The predicted molar refractivity (Wildman–Crippen MR) is 135 cm³/mol. The highest BCUT2D eigenvalue weighted by atomic mass is 16.5. The molecule has 6 heteroatoms. The van der Waals surface area contributed by atoms with E-state index in [0.29, 0.717) is 13.0 Å². The molecule has 0 saturated carbocycles. The molecule has 0 fully saturated rings. The summed E-state index contributed by atoms with van der Waals surface area (Å²) in [5.74, 6) is 0.518. The Bertz CT molecular complexity index is 1250. The molecule has 0 spiro atoms. The molecule has 1 atom stereocenters. The first-order chi connectivity index (χ1) is 16.6. The summed E-state index contributed by atoms with van der Waals surface area (Å²) >= 11 is 0. The molecule has 3 aromatic carbocycles. The van der Waals surface area contributed by atoms with E-state index >= 15 is 0 Å². The molecular formula is C28H29N3O3. The normalized spacial score (nSPS) is 12.2. The van der Waals surface area contributed by atoms with Crippen LogP contribution in [0.3, 0.4) is 0 Å². The largest absolute Gasteiger partial charge is 0.494 e. The van der Waals surface area contributed by atoms with Crippen molar-refractivity contribution in [3.05, 3.63) is 102 Å². The van der Waals surface area contributed by atoms with Crippen LogP contribution in [0.2, 0.25) is 0 Å². The van der Waals surface area contributed by atoms with Gasteiger partial charge in [0.15, 0.2) is 0 Å². The zero-order valence-electron chi connectivity index (χ0n) is 19.2. The number of hydrogen-bond acceptors (Lipinski definition) is 4. The SMILES string of the molecule is CCOc1ccc([C@@H](O)CCC(=O)N/N=C\c2cn(Cc3ccccc3)c3ccccc23)cc1. The average molecular weight is 456 g/mol. The highest BCUT2D eigenvalue weighted by Crippen LogP contribution is 2.22. The lowest BCUT2D eigenvalue weighted by atomic mass is 10.0. The summed E-state index contributed by atoms with van der Waals surface area (Å²) < 4.78 is 7.60. The second-order valence-corrected chi connectivity index (χ2v) is 8.06. The molecule has 0 saturated heterocycles. The molecule has 0 unspecified atom stereocenters. The average Bonchev–Trinajstić information content (AvgIpc) is 3.21. The van der Waals surface area contributed by atoms with E-state index in [2.05, 4.69) is 33.3 Å². The van der Waals surface area contributed by atoms with Crippen molar-refractivity contribution in [1.29, 1.82) is 0 Å². The number of benzene rings is 3. The van der Waals surface area contributed by atoms with Crippen LogP contribution >= 0.6 is 0 Å². The summed E-state index contributed by atoms with van der Waals surface area (Å²) in [4.78, 5) is 12.3. The van der Waals surface area contributed by atoms with Crippen LogP contribution in [0.5, 0.6) is 5.75 Å². The van der Waals surface area contributed by atoms with Gasteiger partial charge < -0.3 is 14.4 Å². The Morgan fingerprint density at radius 2 is 1.79 bits per heavy atom. The van der Waals surface area contributed by atoms with E-state index < -0.39 is 6.10 Å². The van der Waals surface area contributed by atoms with E-state index in [4.69, 9.17) is 4.74 Å². The lowest BCUT2D eigenvalue weighted by Gasteiger charge is -2.11. The number of aliphatic hydroxyl groups excluding tert-OH is 1. The van der Waals surface area contributed by atoms with Gasteiger partial charge in [0.1, 0.15) is 5.75 Å². The second-order valence-electron chi connectivity index (χ2n) is 8.06. The predicted octanol–water partition coefficient (Wildman–Crippen LogP) is 5.05. The number of carbonyl (C=O) groups excluding carboxylic acids is 1. The van der Waals surface area contributed by atoms with Crippen LogP contribution in [0.25, 0.3) is 10.9 Å². The molecule has 1 amide bonds. The van der Waals surface area contributed by atoms with Crippen molar-refractivity contribution in [3.63, 3.8) is 0 Å². The first kappa shape index (κ1) is 23.3. The molecule has 6 nitrogen and oxygen atoms in total. The Morgan fingerprint density at radius 1 is 1.06 bits per heavy atom. The molecule has 0 aliphatic heterocycles. The number of aliphatic hydroxyl groups is 1. The quantitative estimate of drug-likeness (QED) is 0.259. The fourth-order valence-electron chi connectivity index (χ4n) is 3.91. The number of rotatable bonds is 10. The summed E-state index contributed by atoms with van der Waals surface area (Å²) in [6.07, 6.45) is 3.47. The number of hydrogen-bond donors (Lipinski definition) is 2. The van der Waals surface area contributed by atoms with Crippen LogP contribution in [0.15, 0.2) is 90.2 Å². The van der Waals surface area contributed by atoms with Gasteiger partial charge in [-0.3, -0.25) is 4.79 Å². The third-order valence-electron chi connectivity index (χ3n) is 5.63. The van der Waals surface area contributed by atoms with Crippen LogP contribution in [-0.4, -0.2) is 28.4 Å². The maximum atomic E-state index is 12.3. The number of hydrazone groups is 1. The number of nitrogens with one attached hydrogen (secondary N) is 1. The summed E-state index contributed by atoms with van der Waals surface area (Å²) in [5, 5.41) is 15.6. The minimum absolute atomic E-state index is 0.168. The van der Waals surface area contributed by atoms with Gasteiger partial charge in [-0.25, -0.2) is 5.43 Å². The van der Waals surface area contributed by atoms with Gasteiger partial charge in [-0.05, 0) is 42.7 Å². The zero-order chi connectivity index (χ0) is 23.8. The Kier molecular flexibility index (Phi) is 7.73. The van der Waals surface area contributed by atoms with Gasteiger partial charge in [-0.2, -0.15) is 5.10 Å². The summed E-state index contributed by atoms with van der Waals surface area (Å²) in [6, 6.07) is 25.7. The van der Waals surface area contributed by atoms with Crippen molar-refractivity contribution >= 4 is 23.0 Å². The number of aromatic nitrogens is 1. The number of ether oxygens (including phenoxy) is 1. The molecule has 0 bridgehead atoms. The molecule has 4 aromatic rings. The van der Waals surface area contributed by atoms with Crippen molar-refractivity contribution in [2.24, 2.45) is 5.10 Å². The summed E-state index contributed by atoms with van der Waals surface area (Å²) in [5.41, 5.74) is 6.59. The highest BCUT2D eigenvalue weighted by molar-refractivity contribution is 5.99. The number of carbonyl (C=O) groups is 1. The van der Waals surface area contributed by atoms with Gasteiger partial charge in [0, 0.05) is 35.6 Å². The van der Waals surface area contributed by atoms with Crippen LogP contribution < -0.4 is 10.2 Å². The van der Waals surface area contributed by atoms with E-state index in [1.165, 1.54) is 5.56 Å². The molecule has 34 heavy (non-hydrogen) atoms. The maximum Gasteiger partial charge on any atom is 0.240 e. The van der Waals surface area contributed by atoms with E-state index in [9.17, 15) is 9.90 Å². The third-order valence-corrected chi connectivity index (χ3v) is 5.63. The lowest BCUT2D eigenvalue weighted by Crippen LogP contribution is -2.18. The molecular weight excluding hydrogens is 426 g/mol. The van der Waals surface area contributed by atoms with E-state index in [0.717, 1.165) is 34.3 Å². The topological polar surface area (TPSA) is 75.8 Å². The van der Waals surface area contributed by atoms with Crippen molar-refractivity contribution in [2.75, 3.05) is 6.61 Å². The lowest BCUT2D eigenvalue weighted by molar-refractivity contribution is -0.121. The van der Waals surface area contributed by atoms with Gasteiger partial charge in [-0.15, -0.1) is 0 Å². The molecule has 174 valence electrons. The van der Waals surface area contributed by atoms with Gasteiger partial charge >= 0.3 is 0 Å². The zero-order valence-corrected chi connectivity index (χ0v) is 19.2. The van der Waals surface area contributed by atoms with E-state index in [1.54, 1.807) is 6.21 Å². The fourth-order valence-corrected chi connectivity index (χ4v) is 3.91. The van der Waals surface area contributed by atoms with Gasteiger partial charge in [0.2, 0.25) is 5.91 Å². The van der Waals surface area contributed by atoms with Crippen molar-refractivity contribution in [1.82, 2.24) is 9.99 Å². The van der Waals surface area contributed by atoms with Crippen LogP contribution in [0.1, 0.15) is 42.6 Å². The number of fused-ring (bicyclic) bond motifs is 1. The first-order valence-electron chi connectivity index (χ1n) is 11.5. The fraction of sp³-hybridized carbons (Fsp3) is 0.214. The van der Waals surface area contributed by atoms with Crippen molar-refractivity contribution < 1.29 is 14.6 Å². The van der Waals surface area contributed by atoms with Gasteiger partial charge in [-0.1, -0.05) is 60.7 Å². The molecule has 0 aliphatic carbocycles. The molecule has 0 radical (unpaired) electrons. The molecule has 2 N–H and O–H groups in total. The highest BCUT2D eigenvalue weighted by Gasteiger charge is 2.11. The van der Waals surface area contributed by atoms with Gasteiger partial charge in [0.05, 0.1) is 18.9 Å². The molecule has 1 heterocycles. The minimum Gasteiger partial charge on any atom is -0.494 e. The maximum absolute atomic E-state index is 12.3. The summed E-state index contributed by atoms with van der Waals surface area (Å²) in [6.45, 7) is 3.27. The molecule has 1 aromatic heterocycles. The standard InChI is InChI=1S/C28H29N3O3/c1-2-34-24-14-12-22(13-15-24)27(32)16-17-28(33)30-29-18-23-20-31(19-21-8-4-3-5-9-21)26-11-7-6-10-25(23)26/h3-15,18,20,27,32H,2,16-17,19H2,1H3,(H,30,33)/b29-18-/t27-/m0/s1. The number of para-hydroxylation sites is 1. The van der Waals surface area contributed by atoms with Crippen molar-refractivity contribution in [2.45, 2.75) is 32.4 Å². The van der Waals surface area contributed by atoms with Crippen LogP contribution in [-0.2, 0) is 11.3 Å². The minimum atomic E-state index is -0.721. The number of amides is 1. The monoisotopic (exact) mass is 455 g/mol. The first-order valence-corrected chi connectivity index (χ1v) is 11.5. The molecule has 0 aliphatic rings. The Labute approximate surface area is 199 Å². The summed E-state index contributed by atoms with van der Waals surface area (Å²) in [7, 11) is 0. The second kappa shape index (κ2) is 11.3. The van der Waals surface area contributed by atoms with Gasteiger partial charge in [0.25, 0.3) is 0 Å². The van der Waals surface area contributed by atoms with Crippen molar-refractivity contribution in [3.8, 4) is 5.75 Å². The molecule has 4 rings (SSSR count). The van der Waals surface area contributed by atoms with Crippen LogP contribution in [0.4, 0.5) is 0 Å². The van der Waals surface area contributed by atoms with E-state index in [1.807, 2.05) is 73.8 Å². The third kappa shape index (κ3) is 5.91.